The summed E-state index contributed by atoms with van der Waals surface area (Å²) in [5.41, 5.74) is 4.99. The van der Waals surface area contributed by atoms with E-state index in [-0.39, 0.29) is 0 Å². The zero-order valence-corrected chi connectivity index (χ0v) is 11.4. The number of hydrogen-bond acceptors (Lipinski definition) is 4. The number of rotatable bonds is 5. The van der Waals surface area contributed by atoms with Crippen molar-refractivity contribution in [3.8, 4) is 0 Å². The average Bonchev–Trinajstić information content (AvgIpc) is 2.45. The maximum absolute atomic E-state index is 5.42. The molecule has 0 spiro atoms. The second kappa shape index (κ2) is 6.20. The lowest BCUT2D eigenvalue weighted by molar-refractivity contribution is 0.682. The van der Waals surface area contributed by atoms with Gasteiger partial charge in [0.05, 0.1) is 0 Å². The lowest BCUT2D eigenvalue weighted by Crippen LogP contribution is -2.30. The summed E-state index contributed by atoms with van der Waals surface area (Å²) in [5, 5.41) is 0. The summed E-state index contributed by atoms with van der Waals surface area (Å²) < 4.78 is 0. The first kappa shape index (κ1) is 13.4. The molecule has 0 atom stereocenters. The maximum atomic E-state index is 5.42. The van der Waals surface area contributed by atoms with E-state index in [2.05, 4.69) is 53.4 Å². The third-order valence-corrected chi connectivity index (χ3v) is 3.04. The Morgan fingerprint density at radius 2 is 1.95 bits per heavy atom. The van der Waals surface area contributed by atoms with E-state index in [1.54, 1.807) is 6.20 Å². The van der Waals surface area contributed by atoms with Crippen LogP contribution >= 0.6 is 0 Å². The molecule has 0 unspecified atom stereocenters. The highest BCUT2D eigenvalue weighted by molar-refractivity contribution is 5.54. The van der Waals surface area contributed by atoms with Gasteiger partial charge in [0.1, 0.15) is 5.82 Å². The van der Waals surface area contributed by atoms with Crippen LogP contribution in [0.4, 0.5) is 11.5 Å². The molecule has 0 saturated carbocycles. The zero-order valence-electron chi connectivity index (χ0n) is 11.4. The number of nitrogens with zero attached hydrogens (tertiary/aromatic N) is 2. The summed E-state index contributed by atoms with van der Waals surface area (Å²) in [6.45, 7) is 5.23. The smallest absolute Gasteiger partial charge is 0.141 e. The van der Waals surface area contributed by atoms with E-state index >= 15 is 0 Å². The topological polar surface area (TPSA) is 54.2 Å². The van der Waals surface area contributed by atoms with Crippen molar-refractivity contribution in [3.63, 3.8) is 0 Å². The van der Waals surface area contributed by atoms with Gasteiger partial charge in [0, 0.05) is 30.5 Å². The Morgan fingerprint density at radius 3 is 2.58 bits per heavy atom. The first-order chi connectivity index (χ1) is 9.20. The first-order valence-electron chi connectivity index (χ1n) is 6.44. The number of aromatic nitrogens is 1. The van der Waals surface area contributed by atoms with Crippen molar-refractivity contribution in [2.24, 2.45) is 5.84 Å². The lowest BCUT2D eigenvalue weighted by atomic mass is 10.1. The standard InChI is InChI=1S/C15H20N4/c1-12(2)19(11-13-6-4-3-5-7-13)14-8-9-17-15(10-14)18-16/h3-10,12H,11,16H2,1-2H3,(H,17,18). The van der Waals surface area contributed by atoms with Gasteiger partial charge in [0.25, 0.3) is 0 Å². The Balaban J connectivity index is 2.24. The molecule has 1 aromatic carbocycles. The molecule has 4 nitrogen and oxygen atoms in total. The SMILES string of the molecule is CC(C)N(Cc1ccccc1)c1ccnc(NN)c1. The normalized spacial score (nSPS) is 10.5. The van der Waals surface area contributed by atoms with Gasteiger partial charge in [-0.3, -0.25) is 0 Å². The molecular formula is C15H20N4. The molecule has 0 aliphatic carbocycles. The molecule has 1 heterocycles. The number of hydrazine groups is 1. The number of nitrogens with two attached hydrogens (primary N) is 1. The summed E-state index contributed by atoms with van der Waals surface area (Å²) in [5.74, 6) is 6.09. The molecule has 0 fully saturated rings. The number of nitrogen functional groups attached to an aromatic ring is 1. The lowest BCUT2D eigenvalue weighted by Gasteiger charge is -2.29. The molecule has 3 N–H and O–H groups in total. The molecule has 2 rings (SSSR count). The van der Waals surface area contributed by atoms with E-state index in [0.29, 0.717) is 11.9 Å². The summed E-state index contributed by atoms with van der Waals surface area (Å²) in [7, 11) is 0. The number of pyridine rings is 1. The van der Waals surface area contributed by atoms with Gasteiger partial charge in [0.2, 0.25) is 0 Å². The van der Waals surface area contributed by atoms with Crippen LogP contribution in [0.2, 0.25) is 0 Å². The third-order valence-electron chi connectivity index (χ3n) is 3.04. The van der Waals surface area contributed by atoms with Crippen LogP contribution in [-0.2, 0) is 6.54 Å². The number of anilines is 2. The van der Waals surface area contributed by atoms with Crippen LogP contribution in [0.15, 0.2) is 48.7 Å². The van der Waals surface area contributed by atoms with Gasteiger partial charge < -0.3 is 10.3 Å². The summed E-state index contributed by atoms with van der Waals surface area (Å²) >= 11 is 0. The summed E-state index contributed by atoms with van der Waals surface area (Å²) in [4.78, 5) is 6.46. The Hall–Kier alpha value is -2.07. The van der Waals surface area contributed by atoms with Crippen LogP contribution < -0.4 is 16.2 Å². The van der Waals surface area contributed by atoms with Crippen molar-refractivity contribution in [3.05, 3.63) is 54.2 Å². The second-order valence-electron chi connectivity index (χ2n) is 4.75. The molecule has 2 aromatic rings. The fourth-order valence-electron chi connectivity index (χ4n) is 2.03. The second-order valence-corrected chi connectivity index (χ2v) is 4.75. The van der Waals surface area contributed by atoms with Crippen molar-refractivity contribution < 1.29 is 0 Å². The average molecular weight is 256 g/mol. The Labute approximate surface area is 114 Å². The molecular weight excluding hydrogens is 236 g/mol. The van der Waals surface area contributed by atoms with Crippen LogP contribution in [0.3, 0.4) is 0 Å². The van der Waals surface area contributed by atoms with E-state index in [9.17, 15) is 0 Å². The fraction of sp³-hybridized carbons (Fsp3) is 0.267. The van der Waals surface area contributed by atoms with Crippen LogP contribution in [0.1, 0.15) is 19.4 Å². The molecule has 19 heavy (non-hydrogen) atoms. The highest BCUT2D eigenvalue weighted by Crippen LogP contribution is 2.21. The number of nitrogens with one attached hydrogen (secondary N) is 1. The van der Waals surface area contributed by atoms with Gasteiger partial charge >= 0.3 is 0 Å². The van der Waals surface area contributed by atoms with Crippen LogP contribution in [0.5, 0.6) is 0 Å². The largest absolute Gasteiger partial charge is 0.365 e. The fourth-order valence-corrected chi connectivity index (χ4v) is 2.03. The van der Waals surface area contributed by atoms with Crippen molar-refractivity contribution in [2.45, 2.75) is 26.4 Å². The molecule has 1 aromatic heterocycles. The monoisotopic (exact) mass is 256 g/mol. The van der Waals surface area contributed by atoms with Gasteiger partial charge in [-0.15, -0.1) is 0 Å². The minimum atomic E-state index is 0.397. The Bertz CT molecular complexity index is 511. The zero-order chi connectivity index (χ0) is 13.7. The van der Waals surface area contributed by atoms with E-state index in [1.165, 1.54) is 5.56 Å². The molecule has 100 valence electrons. The molecule has 0 aliphatic heterocycles. The van der Waals surface area contributed by atoms with Gasteiger partial charge in [-0.2, -0.15) is 0 Å². The molecule has 0 radical (unpaired) electrons. The molecule has 4 heteroatoms. The van der Waals surface area contributed by atoms with Gasteiger partial charge in [0.15, 0.2) is 0 Å². The van der Waals surface area contributed by atoms with E-state index in [1.807, 2.05) is 18.2 Å². The van der Waals surface area contributed by atoms with Gasteiger partial charge in [-0.1, -0.05) is 30.3 Å². The number of hydrogen-bond donors (Lipinski definition) is 2. The highest BCUT2D eigenvalue weighted by Gasteiger charge is 2.11. The highest BCUT2D eigenvalue weighted by atomic mass is 15.3. The van der Waals surface area contributed by atoms with Gasteiger partial charge in [-0.25, -0.2) is 10.8 Å². The molecule has 0 bridgehead atoms. The summed E-state index contributed by atoms with van der Waals surface area (Å²) in [6.07, 6.45) is 1.77. The van der Waals surface area contributed by atoms with Crippen LogP contribution in [0, 0.1) is 0 Å². The predicted molar refractivity (Wildman–Crippen MR) is 79.8 cm³/mol. The predicted octanol–water partition coefficient (Wildman–Crippen LogP) is 2.78. The van der Waals surface area contributed by atoms with Crippen molar-refractivity contribution in [2.75, 3.05) is 10.3 Å². The van der Waals surface area contributed by atoms with Crippen molar-refractivity contribution >= 4 is 11.5 Å². The molecule has 0 amide bonds. The van der Waals surface area contributed by atoms with E-state index in [0.717, 1.165) is 12.2 Å². The van der Waals surface area contributed by atoms with Crippen molar-refractivity contribution in [1.82, 2.24) is 4.98 Å². The van der Waals surface area contributed by atoms with E-state index < -0.39 is 0 Å². The Morgan fingerprint density at radius 1 is 1.21 bits per heavy atom. The minimum Gasteiger partial charge on any atom is -0.365 e. The van der Waals surface area contributed by atoms with Crippen molar-refractivity contribution in [1.29, 1.82) is 0 Å². The minimum absolute atomic E-state index is 0.397. The Kier molecular flexibility index (Phi) is 4.36. The first-order valence-corrected chi connectivity index (χ1v) is 6.44. The number of benzene rings is 1. The van der Waals surface area contributed by atoms with Crippen LogP contribution in [0.25, 0.3) is 0 Å². The maximum Gasteiger partial charge on any atom is 0.141 e. The third kappa shape index (κ3) is 3.45. The molecule has 0 saturated heterocycles. The molecule has 0 aliphatic rings. The van der Waals surface area contributed by atoms with Crippen LogP contribution in [-0.4, -0.2) is 11.0 Å². The van der Waals surface area contributed by atoms with E-state index in [4.69, 9.17) is 5.84 Å². The quantitative estimate of drug-likeness (QED) is 0.638. The summed E-state index contributed by atoms with van der Waals surface area (Å²) in [6, 6.07) is 14.8. The van der Waals surface area contributed by atoms with Gasteiger partial charge in [-0.05, 0) is 25.5 Å².